The number of carbonyl (C=O) groups excluding carboxylic acids is 1. The number of alkyl halides is 3. The van der Waals surface area contributed by atoms with Crippen LogP contribution < -0.4 is 16.6 Å². The molecule has 1 amide bonds. The standard InChI is InChI=1S/C22H16ClF3N6O3S/c23-12-5-7-14(8-6-12)32-17(9-13-10-18(33)29-20(35)27-13)30-31-21(32)36-11-19(34)28-16-4-2-1-3-15(16)22(24,25)26/h1-8,10H,9,11H2,(H,28,34)(H2,27,29,33,35). The molecular weight excluding hydrogens is 521 g/mol. The highest BCUT2D eigenvalue weighted by molar-refractivity contribution is 7.99. The van der Waals surface area contributed by atoms with Crippen molar-refractivity contribution in [1.82, 2.24) is 24.7 Å². The number of aromatic nitrogens is 5. The number of hydrogen-bond donors (Lipinski definition) is 3. The molecule has 0 aliphatic rings. The maximum atomic E-state index is 13.2. The Morgan fingerprint density at radius 2 is 1.78 bits per heavy atom. The molecule has 0 saturated heterocycles. The minimum atomic E-state index is -4.62. The van der Waals surface area contributed by atoms with Crippen molar-refractivity contribution >= 4 is 35.0 Å². The van der Waals surface area contributed by atoms with E-state index in [9.17, 15) is 27.6 Å². The number of anilines is 1. The molecule has 0 aliphatic carbocycles. The van der Waals surface area contributed by atoms with Crippen molar-refractivity contribution in [1.29, 1.82) is 0 Å². The van der Waals surface area contributed by atoms with E-state index in [0.29, 0.717) is 16.5 Å². The van der Waals surface area contributed by atoms with E-state index in [4.69, 9.17) is 11.6 Å². The van der Waals surface area contributed by atoms with Gasteiger partial charge in [-0.3, -0.25) is 19.1 Å². The van der Waals surface area contributed by atoms with Crippen molar-refractivity contribution in [3.8, 4) is 5.69 Å². The fourth-order valence-electron chi connectivity index (χ4n) is 3.30. The van der Waals surface area contributed by atoms with Crippen molar-refractivity contribution < 1.29 is 18.0 Å². The molecule has 0 unspecified atom stereocenters. The van der Waals surface area contributed by atoms with E-state index in [1.165, 1.54) is 24.3 Å². The van der Waals surface area contributed by atoms with Crippen molar-refractivity contribution in [2.45, 2.75) is 17.8 Å². The van der Waals surface area contributed by atoms with Gasteiger partial charge in [0.25, 0.3) is 5.56 Å². The molecule has 0 radical (unpaired) electrons. The number of rotatable bonds is 7. The Morgan fingerprint density at radius 1 is 1.06 bits per heavy atom. The molecule has 4 aromatic rings. The quantitative estimate of drug-likeness (QED) is 0.310. The highest BCUT2D eigenvalue weighted by Crippen LogP contribution is 2.34. The van der Waals surface area contributed by atoms with Gasteiger partial charge in [0.15, 0.2) is 5.16 Å². The van der Waals surface area contributed by atoms with Crippen LogP contribution in [-0.4, -0.2) is 36.4 Å². The summed E-state index contributed by atoms with van der Waals surface area (Å²) in [5.41, 5.74) is -1.71. The molecule has 0 spiro atoms. The molecule has 0 fully saturated rings. The Kier molecular flexibility index (Phi) is 7.31. The first-order valence-corrected chi connectivity index (χ1v) is 11.6. The number of nitrogens with zero attached hydrogens (tertiary/aromatic N) is 3. The number of para-hydroxylation sites is 1. The summed E-state index contributed by atoms with van der Waals surface area (Å²) < 4.78 is 41.3. The lowest BCUT2D eigenvalue weighted by molar-refractivity contribution is -0.137. The second-order valence-electron chi connectivity index (χ2n) is 7.38. The number of thioether (sulfide) groups is 1. The Bertz CT molecular complexity index is 1490. The largest absolute Gasteiger partial charge is 0.418 e. The maximum absolute atomic E-state index is 13.2. The summed E-state index contributed by atoms with van der Waals surface area (Å²) >= 11 is 6.93. The van der Waals surface area contributed by atoms with Gasteiger partial charge >= 0.3 is 11.9 Å². The first-order chi connectivity index (χ1) is 17.1. The smallest absolute Gasteiger partial charge is 0.325 e. The van der Waals surface area contributed by atoms with Crippen LogP contribution in [0.4, 0.5) is 18.9 Å². The third-order valence-corrected chi connectivity index (χ3v) is 5.97. The van der Waals surface area contributed by atoms with Gasteiger partial charge in [-0.2, -0.15) is 13.2 Å². The van der Waals surface area contributed by atoms with Crippen molar-refractivity contribution in [3.05, 3.63) is 97.5 Å². The van der Waals surface area contributed by atoms with Gasteiger partial charge in [0, 0.05) is 28.9 Å². The first-order valence-electron chi connectivity index (χ1n) is 10.2. The number of carbonyl (C=O) groups is 1. The van der Waals surface area contributed by atoms with Gasteiger partial charge in [0.1, 0.15) is 5.82 Å². The molecule has 9 nitrogen and oxygen atoms in total. The van der Waals surface area contributed by atoms with Crippen molar-refractivity contribution in [2.24, 2.45) is 0 Å². The summed E-state index contributed by atoms with van der Waals surface area (Å²) in [7, 11) is 0. The van der Waals surface area contributed by atoms with Crippen LogP contribution in [0.25, 0.3) is 5.69 Å². The fraction of sp³-hybridized carbons (Fsp3) is 0.136. The van der Waals surface area contributed by atoms with E-state index in [1.54, 1.807) is 28.8 Å². The minimum absolute atomic E-state index is 0.0283. The van der Waals surface area contributed by atoms with Crippen LogP contribution in [0.15, 0.2) is 69.3 Å². The molecule has 2 aromatic heterocycles. The second kappa shape index (κ2) is 10.4. The van der Waals surface area contributed by atoms with E-state index in [1.807, 2.05) is 0 Å². The Labute approximate surface area is 209 Å². The lowest BCUT2D eigenvalue weighted by Gasteiger charge is -2.13. The Morgan fingerprint density at radius 3 is 2.47 bits per heavy atom. The van der Waals surface area contributed by atoms with Gasteiger partial charge in [-0.05, 0) is 36.4 Å². The average molecular weight is 537 g/mol. The number of amides is 1. The maximum Gasteiger partial charge on any atom is 0.418 e. The topological polar surface area (TPSA) is 126 Å². The number of hydrogen-bond acceptors (Lipinski definition) is 6. The van der Waals surface area contributed by atoms with E-state index < -0.39 is 28.9 Å². The zero-order valence-electron chi connectivity index (χ0n) is 18.1. The monoisotopic (exact) mass is 536 g/mol. The predicted octanol–water partition coefficient (Wildman–Crippen LogP) is 3.64. The normalized spacial score (nSPS) is 11.4. The van der Waals surface area contributed by atoms with Crippen LogP contribution in [0.3, 0.4) is 0 Å². The minimum Gasteiger partial charge on any atom is -0.325 e. The van der Waals surface area contributed by atoms with Gasteiger partial charge in [0.05, 0.1) is 17.0 Å². The molecule has 186 valence electrons. The van der Waals surface area contributed by atoms with Crippen LogP contribution in [0.5, 0.6) is 0 Å². The molecule has 0 aliphatic heterocycles. The predicted molar refractivity (Wildman–Crippen MR) is 128 cm³/mol. The number of benzene rings is 2. The Balaban J connectivity index is 1.59. The molecule has 3 N–H and O–H groups in total. The van der Waals surface area contributed by atoms with Crippen molar-refractivity contribution in [3.63, 3.8) is 0 Å². The summed E-state index contributed by atoms with van der Waals surface area (Å²) in [6, 6.07) is 12.5. The van der Waals surface area contributed by atoms with Crippen LogP contribution >= 0.6 is 23.4 Å². The fourth-order valence-corrected chi connectivity index (χ4v) is 4.20. The molecule has 36 heavy (non-hydrogen) atoms. The third kappa shape index (κ3) is 6.04. The van der Waals surface area contributed by atoms with Crippen LogP contribution in [0.1, 0.15) is 17.1 Å². The van der Waals surface area contributed by atoms with Gasteiger partial charge in [-0.25, -0.2) is 4.79 Å². The van der Waals surface area contributed by atoms with Crippen LogP contribution in [0.2, 0.25) is 5.02 Å². The summed E-state index contributed by atoms with van der Waals surface area (Å²) in [4.78, 5) is 40.4. The van der Waals surface area contributed by atoms with Gasteiger partial charge in [0.2, 0.25) is 5.91 Å². The number of aromatic amines is 2. The first kappa shape index (κ1) is 25.3. The van der Waals surface area contributed by atoms with E-state index in [2.05, 4.69) is 25.5 Å². The Hall–Kier alpha value is -3.84. The second-order valence-corrected chi connectivity index (χ2v) is 8.76. The SMILES string of the molecule is O=C(CSc1nnc(Cc2cc(=O)[nH]c(=O)[nH]2)n1-c1ccc(Cl)cc1)Nc1ccccc1C(F)(F)F. The van der Waals surface area contributed by atoms with Gasteiger partial charge in [-0.15, -0.1) is 10.2 Å². The average Bonchev–Trinajstić information content (AvgIpc) is 3.19. The molecule has 2 heterocycles. The van der Waals surface area contributed by atoms with E-state index in [0.717, 1.165) is 17.8 Å². The van der Waals surface area contributed by atoms with Gasteiger partial charge < -0.3 is 10.3 Å². The lowest BCUT2D eigenvalue weighted by atomic mass is 10.1. The lowest BCUT2D eigenvalue weighted by Crippen LogP contribution is -2.23. The molecule has 4 rings (SSSR count). The molecule has 2 aromatic carbocycles. The molecule has 0 bridgehead atoms. The third-order valence-electron chi connectivity index (χ3n) is 4.79. The molecule has 0 atom stereocenters. The zero-order valence-corrected chi connectivity index (χ0v) is 19.7. The highest BCUT2D eigenvalue weighted by atomic mass is 35.5. The molecule has 0 saturated carbocycles. The molecule has 14 heteroatoms. The summed E-state index contributed by atoms with van der Waals surface area (Å²) in [6.45, 7) is 0. The van der Waals surface area contributed by atoms with Crippen LogP contribution in [-0.2, 0) is 17.4 Å². The number of nitrogens with one attached hydrogen (secondary N) is 3. The summed E-state index contributed by atoms with van der Waals surface area (Å²) in [6.07, 6.45) is -4.60. The summed E-state index contributed by atoms with van der Waals surface area (Å²) in [5.74, 6) is -0.605. The summed E-state index contributed by atoms with van der Waals surface area (Å²) in [5, 5.41) is 11.2. The molecular formula is C22H16ClF3N6O3S. The van der Waals surface area contributed by atoms with Crippen molar-refractivity contribution in [2.75, 3.05) is 11.1 Å². The number of H-pyrrole nitrogens is 2. The van der Waals surface area contributed by atoms with E-state index in [-0.39, 0.29) is 28.7 Å². The zero-order chi connectivity index (χ0) is 25.9. The van der Waals surface area contributed by atoms with Gasteiger partial charge in [-0.1, -0.05) is 35.5 Å². The number of halogens is 4. The van der Waals surface area contributed by atoms with E-state index >= 15 is 0 Å². The highest BCUT2D eigenvalue weighted by Gasteiger charge is 2.33. The van der Waals surface area contributed by atoms with Crippen LogP contribution in [0, 0.1) is 0 Å².